The molecule has 2 amide bonds. The van der Waals surface area contributed by atoms with Crippen LogP contribution in [-0.4, -0.2) is 63.4 Å². The number of anilines is 1. The van der Waals surface area contributed by atoms with Crippen molar-refractivity contribution in [2.24, 2.45) is 0 Å². The molecule has 3 N–H and O–H groups in total. The average molecular weight is 473 g/mol. The number of carboxylic acid groups (broad SMARTS) is 1. The number of hydrogen-bond acceptors (Lipinski definition) is 6. The second kappa shape index (κ2) is 9.19. The summed E-state index contributed by atoms with van der Waals surface area (Å²) in [7, 11) is 0. The van der Waals surface area contributed by atoms with Crippen LogP contribution in [0.3, 0.4) is 0 Å². The van der Waals surface area contributed by atoms with Crippen LogP contribution in [0.25, 0.3) is 11.1 Å². The van der Waals surface area contributed by atoms with E-state index in [0.29, 0.717) is 5.69 Å². The number of carbonyl (C=O) groups is 3. The number of ether oxygens (including phenoxy) is 1. The summed E-state index contributed by atoms with van der Waals surface area (Å²) in [6.45, 7) is 0.0922. The molecule has 1 saturated heterocycles. The molecule has 35 heavy (non-hydrogen) atoms. The molecule has 1 fully saturated rings. The van der Waals surface area contributed by atoms with Gasteiger partial charge < -0.3 is 19.8 Å². The molecule has 0 unspecified atom stereocenters. The number of amides is 2. The van der Waals surface area contributed by atoms with E-state index >= 15 is 0 Å². The van der Waals surface area contributed by atoms with Crippen LogP contribution in [0.4, 0.5) is 10.5 Å². The SMILES string of the molecule is O=C(Nc1ccc(C(=O)N2C[C@H](O)C[C@H]2C(=O)O)nc1)OCC1c2ccccc2-c2ccccc21. The first-order valence-corrected chi connectivity index (χ1v) is 11.2. The van der Waals surface area contributed by atoms with E-state index in [1.807, 2.05) is 36.4 Å². The molecule has 178 valence electrons. The van der Waals surface area contributed by atoms with E-state index in [2.05, 4.69) is 22.4 Å². The molecule has 9 heteroatoms. The van der Waals surface area contributed by atoms with Gasteiger partial charge in [0.25, 0.3) is 5.91 Å². The summed E-state index contributed by atoms with van der Waals surface area (Å²) < 4.78 is 5.51. The van der Waals surface area contributed by atoms with Crippen molar-refractivity contribution in [2.45, 2.75) is 24.5 Å². The van der Waals surface area contributed by atoms with Crippen molar-refractivity contribution in [3.63, 3.8) is 0 Å². The number of aliphatic hydroxyl groups is 1. The number of nitrogens with one attached hydrogen (secondary N) is 1. The predicted molar refractivity (Wildman–Crippen MR) is 126 cm³/mol. The number of nitrogens with zero attached hydrogens (tertiary/aromatic N) is 2. The monoisotopic (exact) mass is 473 g/mol. The van der Waals surface area contributed by atoms with Gasteiger partial charge in [-0.1, -0.05) is 48.5 Å². The topological polar surface area (TPSA) is 129 Å². The summed E-state index contributed by atoms with van der Waals surface area (Å²) in [4.78, 5) is 41.6. The van der Waals surface area contributed by atoms with Crippen molar-refractivity contribution in [3.8, 4) is 11.1 Å². The third kappa shape index (κ3) is 4.33. The normalized spacial score (nSPS) is 18.6. The van der Waals surface area contributed by atoms with Crippen LogP contribution < -0.4 is 5.32 Å². The van der Waals surface area contributed by atoms with E-state index < -0.39 is 30.1 Å². The zero-order chi connectivity index (χ0) is 24.5. The lowest BCUT2D eigenvalue weighted by molar-refractivity contribution is -0.141. The standard InChI is InChI=1S/C26H23N3O6/c30-16-11-23(25(32)33)29(13-16)24(31)22-10-9-15(12-27-22)28-26(34)35-14-21-19-7-3-1-5-17(19)18-6-2-4-8-20(18)21/h1-10,12,16,21,23,30H,11,13-14H2,(H,28,34)(H,32,33)/t16-,23+/m1/s1. The molecule has 1 aliphatic heterocycles. The van der Waals surface area contributed by atoms with Crippen molar-refractivity contribution in [1.29, 1.82) is 0 Å². The Labute approximate surface area is 201 Å². The number of carboxylic acids is 1. The lowest BCUT2D eigenvalue weighted by Gasteiger charge is -2.20. The Morgan fingerprint density at radius 1 is 1.00 bits per heavy atom. The number of aromatic nitrogens is 1. The molecule has 2 aliphatic rings. The zero-order valence-electron chi connectivity index (χ0n) is 18.6. The Morgan fingerprint density at radius 2 is 1.66 bits per heavy atom. The molecule has 0 bridgehead atoms. The Morgan fingerprint density at radius 3 is 2.26 bits per heavy atom. The van der Waals surface area contributed by atoms with Gasteiger partial charge >= 0.3 is 12.1 Å². The van der Waals surface area contributed by atoms with Gasteiger partial charge in [0.1, 0.15) is 18.3 Å². The molecule has 0 saturated carbocycles. The van der Waals surface area contributed by atoms with E-state index in [1.165, 1.54) is 18.3 Å². The number of pyridine rings is 1. The van der Waals surface area contributed by atoms with Crippen LogP contribution in [0.15, 0.2) is 66.9 Å². The summed E-state index contributed by atoms with van der Waals surface area (Å²) in [6.07, 6.45) is -0.268. The minimum absolute atomic E-state index is 0.0171. The van der Waals surface area contributed by atoms with Gasteiger partial charge in [0.15, 0.2) is 0 Å². The molecular weight excluding hydrogens is 450 g/mol. The van der Waals surface area contributed by atoms with Crippen molar-refractivity contribution >= 4 is 23.7 Å². The molecule has 9 nitrogen and oxygen atoms in total. The molecule has 1 aromatic heterocycles. The minimum atomic E-state index is -1.18. The highest BCUT2D eigenvalue weighted by atomic mass is 16.5. The minimum Gasteiger partial charge on any atom is -0.480 e. The van der Waals surface area contributed by atoms with Crippen LogP contribution in [0.2, 0.25) is 0 Å². The van der Waals surface area contributed by atoms with E-state index in [0.717, 1.165) is 27.2 Å². The van der Waals surface area contributed by atoms with Gasteiger partial charge in [0, 0.05) is 18.9 Å². The highest BCUT2D eigenvalue weighted by Crippen LogP contribution is 2.44. The Kier molecular flexibility index (Phi) is 5.92. The van der Waals surface area contributed by atoms with Gasteiger partial charge in [0.2, 0.25) is 0 Å². The fourth-order valence-corrected chi connectivity index (χ4v) is 4.77. The molecule has 0 spiro atoms. The quantitative estimate of drug-likeness (QED) is 0.519. The number of likely N-dealkylation sites (tertiary alicyclic amines) is 1. The fraction of sp³-hybridized carbons (Fsp3) is 0.231. The van der Waals surface area contributed by atoms with Gasteiger partial charge in [-0.25, -0.2) is 14.6 Å². The van der Waals surface area contributed by atoms with Crippen LogP contribution >= 0.6 is 0 Å². The fourth-order valence-electron chi connectivity index (χ4n) is 4.77. The summed E-state index contributed by atoms with van der Waals surface area (Å²) in [5.41, 5.74) is 4.84. The molecule has 5 rings (SSSR count). The second-order valence-electron chi connectivity index (χ2n) is 8.58. The number of aliphatic hydroxyl groups excluding tert-OH is 1. The first-order valence-electron chi connectivity index (χ1n) is 11.2. The average Bonchev–Trinajstić information content (AvgIpc) is 3.41. The van der Waals surface area contributed by atoms with Crippen molar-refractivity contribution in [2.75, 3.05) is 18.5 Å². The lowest BCUT2D eigenvalue weighted by Crippen LogP contribution is -2.40. The number of aliphatic carboxylic acids is 1. The second-order valence-corrected chi connectivity index (χ2v) is 8.58. The van der Waals surface area contributed by atoms with Gasteiger partial charge in [-0.3, -0.25) is 10.1 Å². The first-order chi connectivity index (χ1) is 16.9. The summed E-state index contributed by atoms with van der Waals surface area (Å²) >= 11 is 0. The van der Waals surface area contributed by atoms with Crippen LogP contribution in [0, 0.1) is 0 Å². The lowest BCUT2D eigenvalue weighted by atomic mass is 9.98. The molecule has 2 heterocycles. The van der Waals surface area contributed by atoms with Gasteiger partial charge in [0.05, 0.1) is 18.0 Å². The van der Waals surface area contributed by atoms with Crippen molar-refractivity contribution in [3.05, 3.63) is 83.7 Å². The van der Waals surface area contributed by atoms with Crippen molar-refractivity contribution < 1.29 is 29.3 Å². The maximum Gasteiger partial charge on any atom is 0.411 e. The smallest absolute Gasteiger partial charge is 0.411 e. The third-order valence-corrected chi connectivity index (χ3v) is 6.40. The first kappa shape index (κ1) is 22.5. The summed E-state index contributed by atoms with van der Waals surface area (Å²) in [6, 6.07) is 17.9. The van der Waals surface area contributed by atoms with Crippen LogP contribution in [0.5, 0.6) is 0 Å². The highest BCUT2D eigenvalue weighted by molar-refractivity contribution is 5.96. The molecule has 0 radical (unpaired) electrons. The molecule has 2 atom stereocenters. The van der Waals surface area contributed by atoms with E-state index in [4.69, 9.17) is 4.74 Å². The Bertz CT molecular complexity index is 1250. The number of hydrogen-bond donors (Lipinski definition) is 3. The predicted octanol–water partition coefficient (Wildman–Crippen LogP) is 3.10. The molecular formula is C26H23N3O6. The van der Waals surface area contributed by atoms with Crippen LogP contribution in [-0.2, 0) is 9.53 Å². The number of rotatable bonds is 5. The third-order valence-electron chi connectivity index (χ3n) is 6.40. The number of benzene rings is 2. The molecule has 2 aromatic carbocycles. The van der Waals surface area contributed by atoms with Crippen molar-refractivity contribution in [1.82, 2.24) is 9.88 Å². The van der Waals surface area contributed by atoms with Crippen LogP contribution in [0.1, 0.15) is 34.0 Å². The number of carbonyl (C=O) groups excluding carboxylic acids is 2. The largest absolute Gasteiger partial charge is 0.480 e. The molecule has 3 aromatic rings. The number of fused-ring (bicyclic) bond motifs is 3. The van der Waals surface area contributed by atoms with E-state index in [1.54, 1.807) is 0 Å². The van der Waals surface area contributed by atoms with Gasteiger partial charge in [-0.2, -0.15) is 0 Å². The zero-order valence-corrected chi connectivity index (χ0v) is 18.6. The maximum absolute atomic E-state index is 12.7. The summed E-state index contributed by atoms with van der Waals surface area (Å²) in [5, 5.41) is 21.6. The highest BCUT2D eigenvalue weighted by Gasteiger charge is 2.39. The molecule has 1 aliphatic carbocycles. The van der Waals surface area contributed by atoms with Gasteiger partial charge in [-0.05, 0) is 34.4 Å². The van der Waals surface area contributed by atoms with E-state index in [-0.39, 0.29) is 31.2 Å². The van der Waals surface area contributed by atoms with E-state index in [9.17, 15) is 24.6 Å². The summed E-state index contributed by atoms with van der Waals surface area (Å²) in [5.74, 6) is -1.84. The van der Waals surface area contributed by atoms with Gasteiger partial charge in [-0.15, -0.1) is 0 Å². The Hall–Kier alpha value is -4.24. The maximum atomic E-state index is 12.7. The Balaban J connectivity index is 1.21. The number of β-amino-alcohol motifs (C(OH)–C–C–N with tert-alkyl or cyclic N) is 1.